The second kappa shape index (κ2) is 6.04. The fourth-order valence-corrected chi connectivity index (χ4v) is 3.95. The number of hydrogen-bond donors (Lipinski definition) is 1. The minimum absolute atomic E-state index is 0.204. The van der Waals surface area contributed by atoms with Crippen molar-refractivity contribution in [2.45, 2.75) is 38.6 Å². The van der Waals surface area contributed by atoms with E-state index in [-0.39, 0.29) is 5.91 Å². The van der Waals surface area contributed by atoms with Crippen molar-refractivity contribution in [3.05, 3.63) is 23.9 Å². The van der Waals surface area contributed by atoms with Gasteiger partial charge in [-0.25, -0.2) is 4.98 Å². The largest absolute Gasteiger partial charge is 0.363 e. The van der Waals surface area contributed by atoms with Crippen LogP contribution in [0.5, 0.6) is 0 Å². The van der Waals surface area contributed by atoms with Crippen molar-refractivity contribution in [3.63, 3.8) is 0 Å². The molecule has 3 rings (SSSR count). The maximum atomic E-state index is 12.1. The predicted octanol–water partition coefficient (Wildman–Crippen LogP) is 2.59. The lowest BCUT2D eigenvalue weighted by molar-refractivity contribution is -0.122. The van der Waals surface area contributed by atoms with E-state index in [0.29, 0.717) is 18.9 Å². The van der Waals surface area contributed by atoms with Gasteiger partial charge in [0.1, 0.15) is 5.82 Å². The van der Waals surface area contributed by atoms with E-state index in [1.54, 1.807) is 6.20 Å². The van der Waals surface area contributed by atoms with Crippen molar-refractivity contribution in [1.29, 1.82) is 0 Å². The number of nitrogens with one attached hydrogen (secondary N) is 1. The van der Waals surface area contributed by atoms with Crippen molar-refractivity contribution in [3.8, 4) is 0 Å². The molecule has 1 aromatic rings. The van der Waals surface area contributed by atoms with E-state index in [1.165, 1.54) is 25.7 Å². The van der Waals surface area contributed by atoms with Crippen LogP contribution < -0.4 is 10.2 Å². The third-order valence-corrected chi connectivity index (χ3v) is 5.09. The van der Waals surface area contributed by atoms with Gasteiger partial charge in [-0.1, -0.05) is 6.42 Å². The number of aromatic nitrogens is 1. The summed E-state index contributed by atoms with van der Waals surface area (Å²) in [6, 6.07) is 3.99. The van der Waals surface area contributed by atoms with Crippen LogP contribution in [0.15, 0.2) is 18.3 Å². The second-order valence-electron chi connectivity index (χ2n) is 6.83. The first-order valence-electron chi connectivity index (χ1n) is 8.01. The molecule has 0 radical (unpaired) electrons. The predicted molar refractivity (Wildman–Crippen MR) is 84.0 cm³/mol. The summed E-state index contributed by atoms with van der Waals surface area (Å²) in [4.78, 5) is 18.4. The van der Waals surface area contributed by atoms with Gasteiger partial charge < -0.3 is 10.2 Å². The highest BCUT2D eigenvalue weighted by Gasteiger charge is 2.39. The summed E-state index contributed by atoms with van der Waals surface area (Å²) in [5, 5.41) is 3.07. The molecule has 1 aromatic heterocycles. The normalized spacial score (nSPS) is 26.9. The van der Waals surface area contributed by atoms with Gasteiger partial charge in [-0.3, -0.25) is 4.79 Å². The molecule has 2 fully saturated rings. The van der Waals surface area contributed by atoms with E-state index in [9.17, 15) is 4.79 Å². The van der Waals surface area contributed by atoms with E-state index < -0.39 is 0 Å². The quantitative estimate of drug-likeness (QED) is 0.905. The number of carbonyl (C=O) groups is 1. The Balaban J connectivity index is 1.48. The van der Waals surface area contributed by atoms with E-state index in [4.69, 9.17) is 0 Å². The summed E-state index contributed by atoms with van der Waals surface area (Å²) in [5.74, 6) is 3.50. The van der Waals surface area contributed by atoms with E-state index >= 15 is 0 Å². The van der Waals surface area contributed by atoms with Crippen LogP contribution in [0.1, 0.15) is 37.7 Å². The summed E-state index contributed by atoms with van der Waals surface area (Å²) in [6.07, 6.45) is 7.90. The molecule has 0 unspecified atom stereocenters. The highest BCUT2D eigenvalue weighted by atomic mass is 16.1. The number of carbonyl (C=O) groups excluding carboxylic acids is 1. The van der Waals surface area contributed by atoms with E-state index in [0.717, 1.165) is 23.2 Å². The van der Waals surface area contributed by atoms with Crippen LogP contribution in [0.3, 0.4) is 0 Å². The standard InChI is InChI=1S/C17H25N3O/c1-20(2)16-9-13(5-6-18-16)11-19-17(21)10-15-8-12-3-4-14(15)7-12/h5-6,9,12,14-15H,3-4,7-8,10-11H2,1-2H3,(H,19,21)/t12-,14-,15+/m0/s1. The first-order valence-corrected chi connectivity index (χ1v) is 8.01. The molecular formula is C17H25N3O. The van der Waals surface area contributed by atoms with Crippen LogP contribution >= 0.6 is 0 Å². The Kier molecular flexibility index (Phi) is 4.13. The van der Waals surface area contributed by atoms with Gasteiger partial charge in [0.25, 0.3) is 0 Å². The van der Waals surface area contributed by atoms with Gasteiger partial charge in [-0.05, 0) is 54.7 Å². The average Bonchev–Trinajstić information content (AvgIpc) is 3.08. The number of anilines is 1. The zero-order valence-electron chi connectivity index (χ0n) is 13.0. The lowest BCUT2D eigenvalue weighted by atomic mass is 9.86. The number of pyridine rings is 1. The molecule has 2 aliphatic rings. The summed E-state index contributed by atoms with van der Waals surface area (Å²) < 4.78 is 0. The Bertz CT molecular complexity index is 515. The molecule has 0 saturated heterocycles. The second-order valence-corrected chi connectivity index (χ2v) is 6.83. The number of hydrogen-bond acceptors (Lipinski definition) is 3. The average molecular weight is 287 g/mol. The highest BCUT2D eigenvalue weighted by molar-refractivity contribution is 5.76. The SMILES string of the molecule is CN(C)c1cc(CNC(=O)C[C@H]2C[C@H]3CC[C@H]2C3)ccn1. The van der Waals surface area contributed by atoms with Gasteiger partial charge in [0.2, 0.25) is 5.91 Å². The van der Waals surface area contributed by atoms with Crippen molar-refractivity contribution < 1.29 is 4.79 Å². The molecule has 0 aromatic carbocycles. The number of nitrogens with zero attached hydrogens (tertiary/aromatic N) is 2. The minimum atomic E-state index is 0.204. The van der Waals surface area contributed by atoms with E-state index in [1.807, 2.05) is 31.1 Å². The van der Waals surface area contributed by atoms with Crippen molar-refractivity contribution in [2.24, 2.45) is 17.8 Å². The molecule has 114 valence electrons. The van der Waals surface area contributed by atoms with Crippen LogP contribution in [0.25, 0.3) is 0 Å². The summed E-state index contributed by atoms with van der Waals surface area (Å²) >= 11 is 0. The monoisotopic (exact) mass is 287 g/mol. The molecule has 2 bridgehead atoms. The Morgan fingerprint density at radius 1 is 1.38 bits per heavy atom. The van der Waals surface area contributed by atoms with Crippen LogP contribution in [-0.4, -0.2) is 25.0 Å². The maximum absolute atomic E-state index is 12.1. The van der Waals surface area contributed by atoms with Crippen LogP contribution in [-0.2, 0) is 11.3 Å². The zero-order valence-corrected chi connectivity index (χ0v) is 13.0. The number of rotatable bonds is 5. The Morgan fingerprint density at radius 2 is 2.24 bits per heavy atom. The first kappa shape index (κ1) is 14.4. The fourth-order valence-electron chi connectivity index (χ4n) is 3.95. The minimum Gasteiger partial charge on any atom is -0.363 e. The molecule has 3 atom stereocenters. The van der Waals surface area contributed by atoms with Gasteiger partial charge in [0.05, 0.1) is 0 Å². The topological polar surface area (TPSA) is 45.2 Å². The number of amides is 1. The molecule has 4 heteroatoms. The molecule has 2 saturated carbocycles. The Hall–Kier alpha value is -1.58. The summed E-state index contributed by atoms with van der Waals surface area (Å²) in [7, 11) is 3.94. The molecular weight excluding hydrogens is 262 g/mol. The maximum Gasteiger partial charge on any atom is 0.220 e. The molecule has 4 nitrogen and oxygen atoms in total. The molecule has 1 heterocycles. The third kappa shape index (κ3) is 3.36. The molecule has 1 amide bonds. The van der Waals surface area contributed by atoms with Gasteiger partial charge in [0, 0.05) is 33.3 Å². The Labute approximate surface area is 126 Å². The number of fused-ring (bicyclic) bond motifs is 2. The Morgan fingerprint density at radius 3 is 2.90 bits per heavy atom. The molecule has 0 spiro atoms. The summed E-state index contributed by atoms with van der Waals surface area (Å²) in [5.41, 5.74) is 1.11. The lowest BCUT2D eigenvalue weighted by Crippen LogP contribution is -2.27. The van der Waals surface area contributed by atoms with Gasteiger partial charge in [-0.2, -0.15) is 0 Å². The molecule has 21 heavy (non-hydrogen) atoms. The highest BCUT2D eigenvalue weighted by Crippen LogP contribution is 2.49. The molecule has 1 N–H and O–H groups in total. The van der Waals surface area contributed by atoms with Crippen molar-refractivity contribution in [2.75, 3.05) is 19.0 Å². The van der Waals surface area contributed by atoms with Crippen LogP contribution in [0, 0.1) is 17.8 Å². The van der Waals surface area contributed by atoms with Gasteiger partial charge >= 0.3 is 0 Å². The van der Waals surface area contributed by atoms with Gasteiger partial charge in [0.15, 0.2) is 0 Å². The van der Waals surface area contributed by atoms with Gasteiger partial charge in [-0.15, -0.1) is 0 Å². The smallest absolute Gasteiger partial charge is 0.220 e. The van der Waals surface area contributed by atoms with Crippen molar-refractivity contribution in [1.82, 2.24) is 10.3 Å². The third-order valence-electron chi connectivity index (χ3n) is 5.09. The van der Waals surface area contributed by atoms with E-state index in [2.05, 4.69) is 10.3 Å². The summed E-state index contributed by atoms with van der Waals surface area (Å²) in [6.45, 7) is 0.600. The van der Waals surface area contributed by atoms with Crippen LogP contribution in [0.4, 0.5) is 5.82 Å². The van der Waals surface area contributed by atoms with Crippen LogP contribution in [0.2, 0.25) is 0 Å². The first-order chi connectivity index (χ1) is 10.1. The zero-order chi connectivity index (χ0) is 14.8. The van der Waals surface area contributed by atoms with Crippen molar-refractivity contribution >= 4 is 11.7 Å². The molecule has 0 aliphatic heterocycles. The molecule has 2 aliphatic carbocycles. The lowest BCUT2D eigenvalue weighted by Gasteiger charge is -2.21. The fraction of sp³-hybridized carbons (Fsp3) is 0.647.